The summed E-state index contributed by atoms with van der Waals surface area (Å²) in [6.07, 6.45) is 0.712. The molecule has 0 saturated heterocycles. The molecule has 0 aliphatic carbocycles. The fraction of sp³-hybridized carbons (Fsp3) is 0.182. The lowest BCUT2D eigenvalue weighted by Crippen LogP contribution is -2.20. The second-order valence-corrected chi connectivity index (χ2v) is 3.62. The average Bonchev–Trinajstić information content (AvgIpc) is 2.34. The van der Waals surface area contributed by atoms with Crippen molar-refractivity contribution in [2.75, 3.05) is 12.8 Å². The topological polar surface area (TPSA) is 86.0 Å². The molecule has 0 bridgehead atoms. The number of amides is 1. The molecule has 0 saturated carbocycles. The number of nitriles is 1. The summed E-state index contributed by atoms with van der Waals surface area (Å²) in [6.45, 7) is 0.0472. The number of aromatic nitrogens is 1. The highest BCUT2D eigenvalue weighted by Crippen LogP contribution is 2.16. The van der Waals surface area contributed by atoms with Crippen molar-refractivity contribution in [1.29, 1.82) is 5.26 Å². The zero-order chi connectivity index (χ0) is 12.7. The Balaban J connectivity index is 2.79. The Morgan fingerprint density at radius 2 is 2.41 bits per heavy atom. The third-order valence-corrected chi connectivity index (χ3v) is 2.42. The van der Waals surface area contributed by atoms with Crippen LogP contribution in [0.2, 0.25) is 0 Å². The number of thioether (sulfide) groups is 1. The molecular weight excluding hydrogens is 238 g/mol. The minimum atomic E-state index is -1.11. The highest BCUT2D eigenvalue weighted by Gasteiger charge is 2.02. The molecule has 1 amide bonds. The molecule has 0 spiro atoms. The predicted octanol–water partition coefficient (Wildman–Crippen LogP) is 1.29. The fourth-order valence-corrected chi connectivity index (χ4v) is 1.53. The van der Waals surface area contributed by atoms with Gasteiger partial charge in [-0.25, -0.2) is 9.78 Å². The highest BCUT2D eigenvalue weighted by atomic mass is 32.2. The number of nitrogens with one attached hydrogen (secondary N) is 1. The molecule has 1 aromatic rings. The van der Waals surface area contributed by atoms with Crippen molar-refractivity contribution < 1.29 is 9.90 Å². The van der Waals surface area contributed by atoms with Crippen LogP contribution in [0.1, 0.15) is 11.3 Å². The third-order valence-electron chi connectivity index (χ3n) is 1.72. The lowest BCUT2D eigenvalue weighted by molar-refractivity contribution is 0.196. The summed E-state index contributed by atoms with van der Waals surface area (Å²) in [4.78, 5) is 14.3. The first kappa shape index (κ1) is 12.9. The van der Waals surface area contributed by atoms with E-state index < -0.39 is 6.09 Å². The first-order valence-electron chi connectivity index (χ1n) is 4.58. The molecule has 5 nitrogen and oxygen atoms in total. The van der Waals surface area contributed by atoms with Gasteiger partial charge in [-0.05, 0) is 24.3 Å². The number of pyridine rings is 1. The Morgan fingerprint density at radius 1 is 1.65 bits per heavy atom. The van der Waals surface area contributed by atoms with Crippen molar-refractivity contribution in [3.05, 3.63) is 23.4 Å². The van der Waals surface area contributed by atoms with Crippen LogP contribution in [0.25, 0.3) is 0 Å². The van der Waals surface area contributed by atoms with Crippen LogP contribution in [0.15, 0.2) is 17.2 Å². The second kappa shape index (κ2) is 6.41. The maximum Gasteiger partial charge on any atom is 0.405 e. The Hall–Kier alpha value is -2.18. The summed E-state index contributed by atoms with van der Waals surface area (Å²) in [5.74, 6) is 5.34. The van der Waals surface area contributed by atoms with E-state index in [1.807, 2.05) is 12.3 Å². The SMILES string of the molecule is CSc1nc(C#CCNC(=O)O)ccc1C#N. The fourth-order valence-electron chi connectivity index (χ4n) is 1.01. The van der Waals surface area contributed by atoms with E-state index in [0.29, 0.717) is 16.3 Å². The van der Waals surface area contributed by atoms with Gasteiger partial charge in [-0.15, -0.1) is 11.8 Å². The normalized spacial score (nSPS) is 8.71. The van der Waals surface area contributed by atoms with Crippen LogP contribution in [0.3, 0.4) is 0 Å². The van der Waals surface area contributed by atoms with E-state index in [9.17, 15) is 4.79 Å². The molecule has 2 N–H and O–H groups in total. The predicted molar refractivity (Wildman–Crippen MR) is 63.6 cm³/mol. The zero-order valence-corrected chi connectivity index (χ0v) is 9.84. The van der Waals surface area contributed by atoms with Gasteiger partial charge in [-0.1, -0.05) is 5.92 Å². The van der Waals surface area contributed by atoms with Gasteiger partial charge in [0.05, 0.1) is 12.1 Å². The first-order chi connectivity index (χ1) is 8.17. The van der Waals surface area contributed by atoms with E-state index in [-0.39, 0.29) is 6.54 Å². The summed E-state index contributed by atoms with van der Waals surface area (Å²) in [5, 5.41) is 19.9. The molecule has 86 valence electrons. The van der Waals surface area contributed by atoms with Gasteiger partial charge < -0.3 is 10.4 Å². The largest absolute Gasteiger partial charge is 0.465 e. The standard InChI is InChI=1S/C11H9N3O2S/c1-17-10-8(7-12)4-5-9(14-10)3-2-6-13-11(15)16/h4-5,13H,6H2,1H3,(H,15,16). The molecule has 1 heterocycles. The number of nitrogens with zero attached hydrogens (tertiary/aromatic N) is 2. The van der Waals surface area contributed by atoms with E-state index in [1.165, 1.54) is 11.8 Å². The highest BCUT2D eigenvalue weighted by molar-refractivity contribution is 7.98. The lowest BCUT2D eigenvalue weighted by Gasteiger charge is -1.98. The van der Waals surface area contributed by atoms with Crippen LogP contribution >= 0.6 is 11.8 Å². The molecule has 17 heavy (non-hydrogen) atoms. The van der Waals surface area contributed by atoms with Gasteiger partial charge in [0, 0.05) is 0 Å². The maximum atomic E-state index is 10.2. The minimum absolute atomic E-state index is 0.0472. The Bertz CT molecular complexity index is 526. The van der Waals surface area contributed by atoms with E-state index >= 15 is 0 Å². The first-order valence-corrected chi connectivity index (χ1v) is 5.80. The van der Waals surface area contributed by atoms with E-state index in [2.05, 4.69) is 22.1 Å². The Labute approximate surface area is 103 Å². The average molecular weight is 247 g/mol. The summed E-state index contributed by atoms with van der Waals surface area (Å²) in [6, 6.07) is 5.31. The van der Waals surface area contributed by atoms with Gasteiger partial charge in [-0.3, -0.25) is 0 Å². The van der Waals surface area contributed by atoms with Crippen molar-refractivity contribution in [2.24, 2.45) is 0 Å². The number of hydrogen-bond donors (Lipinski definition) is 2. The number of hydrogen-bond acceptors (Lipinski definition) is 4. The second-order valence-electron chi connectivity index (χ2n) is 2.83. The molecule has 0 unspecified atom stereocenters. The zero-order valence-electron chi connectivity index (χ0n) is 9.02. The molecule has 0 radical (unpaired) electrons. The van der Waals surface area contributed by atoms with Crippen LogP contribution in [0.4, 0.5) is 4.79 Å². The lowest BCUT2D eigenvalue weighted by atomic mass is 10.2. The molecule has 0 atom stereocenters. The van der Waals surface area contributed by atoms with Gasteiger partial charge in [0.1, 0.15) is 16.8 Å². The summed E-state index contributed by atoms with van der Waals surface area (Å²) in [7, 11) is 0. The van der Waals surface area contributed by atoms with E-state index in [4.69, 9.17) is 10.4 Å². The molecule has 1 aromatic heterocycles. The molecular formula is C11H9N3O2S. The monoisotopic (exact) mass is 247 g/mol. The number of carbonyl (C=O) groups is 1. The molecule has 0 aromatic carbocycles. The smallest absolute Gasteiger partial charge is 0.405 e. The Kier molecular flexibility index (Phi) is 4.86. The van der Waals surface area contributed by atoms with Crippen LogP contribution < -0.4 is 5.32 Å². The Morgan fingerprint density at radius 3 is 3.00 bits per heavy atom. The van der Waals surface area contributed by atoms with Gasteiger partial charge in [-0.2, -0.15) is 5.26 Å². The van der Waals surface area contributed by atoms with Crippen molar-refractivity contribution >= 4 is 17.9 Å². The van der Waals surface area contributed by atoms with Crippen molar-refractivity contribution in [1.82, 2.24) is 10.3 Å². The summed E-state index contributed by atoms with van der Waals surface area (Å²) < 4.78 is 0. The third kappa shape index (κ3) is 4.06. The summed E-state index contributed by atoms with van der Waals surface area (Å²) in [5.41, 5.74) is 1.02. The molecule has 1 rings (SSSR count). The van der Waals surface area contributed by atoms with Gasteiger partial charge in [0.2, 0.25) is 0 Å². The van der Waals surface area contributed by atoms with Crippen molar-refractivity contribution in [2.45, 2.75) is 5.03 Å². The molecule has 0 aliphatic rings. The molecule has 0 fully saturated rings. The molecule has 6 heteroatoms. The molecule has 0 aliphatic heterocycles. The van der Waals surface area contributed by atoms with Crippen LogP contribution in [-0.4, -0.2) is 29.0 Å². The quantitative estimate of drug-likeness (QED) is 0.607. The number of rotatable bonds is 2. The van der Waals surface area contributed by atoms with Crippen LogP contribution in [-0.2, 0) is 0 Å². The van der Waals surface area contributed by atoms with E-state index in [1.54, 1.807) is 12.1 Å². The van der Waals surface area contributed by atoms with Gasteiger partial charge >= 0.3 is 6.09 Å². The van der Waals surface area contributed by atoms with Crippen LogP contribution in [0.5, 0.6) is 0 Å². The van der Waals surface area contributed by atoms with Crippen molar-refractivity contribution in [3.8, 4) is 17.9 Å². The van der Waals surface area contributed by atoms with Crippen molar-refractivity contribution in [3.63, 3.8) is 0 Å². The van der Waals surface area contributed by atoms with E-state index in [0.717, 1.165) is 0 Å². The number of carboxylic acid groups (broad SMARTS) is 1. The van der Waals surface area contributed by atoms with Crippen LogP contribution in [0, 0.1) is 23.2 Å². The maximum absolute atomic E-state index is 10.2. The minimum Gasteiger partial charge on any atom is -0.465 e. The summed E-state index contributed by atoms with van der Waals surface area (Å²) >= 11 is 1.37. The van der Waals surface area contributed by atoms with Gasteiger partial charge in [0.25, 0.3) is 0 Å². The van der Waals surface area contributed by atoms with Gasteiger partial charge in [0.15, 0.2) is 0 Å².